The van der Waals surface area contributed by atoms with Gasteiger partial charge in [-0.25, -0.2) is 9.67 Å². The molecular weight excluding hydrogens is 390 g/mol. The Morgan fingerprint density at radius 3 is 2.03 bits per heavy atom. The summed E-state index contributed by atoms with van der Waals surface area (Å²) in [5, 5.41) is 7.48. The molecule has 6 nitrogen and oxygen atoms in total. The van der Waals surface area contributed by atoms with E-state index in [-0.39, 0.29) is 0 Å². The van der Waals surface area contributed by atoms with E-state index in [1.807, 2.05) is 77.6 Å². The molecule has 0 aliphatic rings. The highest BCUT2D eigenvalue weighted by Gasteiger charge is 2.19. The average Bonchev–Trinajstić information content (AvgIpc) is 3.27. The highest BCUT2D eigenvalue weighted by molar-refractivity contribution is 6.11. The summed E-state index contributed by atoms with van der Waals surface area (Å²) in [6, 6.07) is 21.8. The maximum Gasteiger partial charge on any atom is 0.164 e. The number of fused-ring (bicyclic) bond motifs is 3. The fourth-order valence-corrected chi connectivity index (χ4v) is 3.91. The first kappa shape index (κ1) is 18.9. The van der Waals surface area contributed by atoms with Crippen LogP contribution < -0.4 is 14.2 Å². The van der Waals surface area contributed by atoms with Crippen LogP contribution in [0.1, 0.15) is 0 Å². The van der Waals surface area contributed by atoms with E-state index in [1.165, 1.54) is 0 Å². The molecule has 0 aliphatic heterocycles. The van der Waals surface area contributed by atoms with Gasteiger partial charge in [0.15, 0.2) is 17.1 Å². The number of rotatable bonds is 5. The van der Waals surface area contributed by atoms with Crippen molar-refractivity contribution in [2.24, 2.45) is 0 Å². The van der Waals surface area contributed by atoms with Crippen LogP contribution in [0.4, 0.5) is 0 Å². The fourth-order valence-electron chi connectivity index (χ4n) is 3.91. The first-order valence-corrected chi connectivity index (χ1v) is 9.87. The number of hydrogen-bond acceptors (Lipinski definition) is 5. The Hall–Kier alpha value is -4.06. The lowest BCUT2D eigenvalue weighted by Crippen LogP contribution is -2.00. The van der Waals surface area contributed by atoms with E-state index >= 15 is 0 Å². The molecule has 0 unspecified atom stereocenters. The van der Waals surface area contributed by atoms with Crippen molar-refractivity contribution in [3.63, 3.8) is 0 Å². The van der Waals surface area contributed by atoms with E-state index in [4.69, 9.17) is 19.2 Å². The summed E-state index contributed by atoms with van der Waals surface area (Å²) in [4.78, 5) is 5.07. The van der Waals surface area contributed by atoms with Crippen molar-refractivity contribution in [2.45, 2.75) is 0 Å². The van der Waals surface area contributed by atoms with Crippen LogP contribution in [0.15, 0.2) is 72.9 Å². The Labute approximate surface area is 179 Å². The molecule has 0 aliphatic carbocycles. The molecule has 2 aromatic heterocycles. The van der Waals surface area contributed by atoms with Crippen molar-refractivity contribution in [2.75, 3.05) is 21.3 Å². The molecule has 0 bridgehead atoms. The van der Waals surface area contributed by atoms with Crippen molar-refractivity contribution in [3.8, 4) is 34.2 Å². The molecule has 5 aromatic rings. The van der Waals surface area contributed by atoms with Crippen molar-refractivity contribution in [3.05, 3.63) is 72.9 Å². The molecular formula is C25H21N3O3. The molecule has 3 aromatic carbocycles. The molecule has 0 radical (unpaired) electrons. The number of aromatic nitrogens is 3. The topological polar surface area (TPSA) is 58.4 Å². The molecule has 0 amide bonds. The Bertz CT molecular complexity index is 1390. The lowest BCUT2D eigenvalue weighted by molar-refractivity contribution is 0.356. The van der Waals surface area contributed by atoms with E-state index in [9.17, 15) is 0 Å². The molecule has 154 valence electrons. The van der Waals surface area contributed by atoms with Crippen molar-refractivity contribution in [1.82, 2.24) is 14.8 Å². The highest BCUT2D eigenvalue weighted by atomic mass is 16.5. The van der Waals surface area contributed by atoms with Crippen LogP contribution in [-0.2, 0) is 0 Å². The van der Waals surface area contributed by atoms with Gasteiger partial charge >= 0.3 is 0 Å². The Morgan fingerprint density at radius 2 is 1.32 bits per heavy atom. The minimum atomic E-state index is 0.641. The predicted octanol–water partition coefficient (Wildman–Crippen LogP) is 5.27. The third kappa shape index (κ3) is 3.04. The smallest absolute Gasteiger partial charge is 0.164 e. The van der Waals surface area contributed by atoms with Gasteiger partial charge in [0, 0.05) is 21.7 Å². The summed E-state index contributed by atoms with van der Waals surface area (Å²) in [5.74, 6) is 2.04. The molecule has 0 saturated carbocycles. The van der Waals surface area contributed by atoms with Crippen LogP contribution in [0.3, 0.4) is 0 Å². The van der Waals surface area contributed by atoms with Crippen LogP contribution in [0, 0.1) is 0 Å². The van der Waals surface area contributed by atoms with Gasteiger partial charge < -0.3 is 14.2 Å². The number of pyridine rings is 1. The first-order valence-electron chi connectivity index (χ1n) is 9.87. The van der Waals surface area contributed by atoms with Gasteiger partial charge in [-0.05, 0) is 36.4 Å². The van der Waals surface area contributed by atoms with Gasteiger partial charge in [-0.2, -0.15) is 5.10 Å². The largest absolute Gasteiger partial charge is 0.496 e. The van der Waals surface area contributed by atoms with E-state index in [0.29, 0.717) is 11.5 Å². The van der Waals surface area contributed by atoms with Crippen LogP contribution in [0.25, 0.3) is 38.8 Å². The molecule has 0 atom stereocenters. The van der Waals surface area contributed by atoms with Crippen LogP contribution >= 0.6 is 0 Å². The molecule has 5 rings (SSSR count). The van der Waals surface area contributed by atoms with Gasteiger partial charge in [-0.3, -0.25) is 0 Å². The minimum Gasteiger partial charge on any atom is -0.496 e. The van der Waals surface area contributed by atoms with E-state index < -0.39 is 0 Å². The van der Waals surface area contributed by atoms with Gasteiger partial charge in [0.1, 0.15) is 5.75 Å². The molecule has 6 heteroatoms. The lowest BCUT2D eigenvalue weighted by Gasteiger charge is -2.15. The third-order valence-corrected chi connectivity index (χ3v) is 5.39. The predicted molar refractivity (Wildman–Crippen MR) is 121 cm³/mol. The summed E-state index contributed by atoms with van der Waals surface area (Å²) in [5.41, 5.74) is 3.38. The Morgan fingerprint density at radius 1 is 0.677 bits per heavy atom. The zero-order chi connectivity index (χ0) is 21.4. The van der Waals surface area contributed by atoms with Crippen molar-refractivity contribution >= 4 is 21.8 Å². The van der Waals surface area contributed by atoms with E-state index in [1.54, 1.807) is 21.3 Å². The van der Waals surface area contributed by atoms with Gasteiger partial charge in [-0.1, -0.05) is 30.3 Å². The number of methoxy groups -OCH3 is 3. The van der Waals surface area contributed by atoms with Crippen molar-refractivity contribution < 1.29 is 14.2 Å². The van der Waals surface area contributed by atoms with E-state index in [2.05, 4.69) is 5.10 Å². The van der Waals surface area contributed by atoms with Crippen LogP contribution in [-0.4, -0.2) is 36.1 Å². The van der Waals surface area contributed by atoms with Crippen molar-refractivity contribution in [1.29, 1.82) is 0 Å². The molecule has 0 spiro atoms. The number of nitrogens with zero attached hydrogens (tertiary/aromatic N) is 3. The minimum absolute atomic E-state index is 0.641. The number of ether oxygens (including phenoxy) is 3. The van der Waals surface area contributed by atoms with Gasteiger partial charge in [-0.15, -0.1) is 0 Å². The highest BCUT2D eigenvalue weighted by Crippen LogP contribution is 2.41. The summed E-state index contributed by atoms with van der Waals surface area (Å²) >= 11 is 0. The molecule has 0 fully saturated rings. The normalized spacial score (nSPS) is 11.1. The Balaban J connectivity index is 1.93. The molecule has 0 N–H and O–H groups in total. The standard InChI is InChI=1S/C25H21N3O3/c1-29-21-12-8-7-11-17(21)24-19-14-23(31-3)22(30-2)13-18(19)20-15-26-28(25(20)27-24)16-9-5-4-6-10-16/h4-15H,1-3H3. The Kier molecular flexibility index (Phi) is 4.67. The number of para-hydroxylation sites is 2. The zero-order valence-electron chi connectivity index (χ0n) is 17.5. The third-order valence-electron chi connectivity index (χ3n) is 5.39. The van der Waals surface area contributed by atoms with Gasteiger partial charge in [0.05, 0.1) is 38.9 Å². The first-order chi connectivity index (χ1) is 15.2. The summed E-state index contributed by atoms with van der Waals surface area (Å²) in [6.07, 6.45) is 1.84. The molecule has 2 heterocycles. The number of benzene rings is 3. The second-order valence-corrected chi connectivity index (χ2v) is 7.04. The molecule has 0 saturated heterocycles. The maximum atomic E-state index is 5.64. The molecule has 31 heavy (non-hydrogen) atoms. The fraction of sp³-hybridized carbons (Fsp3) is 0.120. The SMILES string of the molecule is COc1cc2c(-c3ccccc3OC)nc3c(cnn3-c3ccccc3)c2cc1OC. The van der Waals surface area contributed by atoms with Crippen LogP contribution in [0.2, 0.25) is 0 Å². The lowest BCUT2D eigenvalue weighted by atomic mass is 10.0. The quantitative estimate of drug-likeness (QED) is 0.394. The summed E-state index contributed by atoms with van der Waals surface area (Å²) < 4.78 is 18.6. The monoisotopic (exact) mass is 411 g/mol. The van der Waals surface area contributed by atoms with Crippen LogP contribution in [0.5, 0.6) is 17.2 Å². The zero-order valence-corrected chi connectivity index (χ0v) is 17.5. The number of hydrogen-bond donors (Lipinski definition) is 0. The average molecular weight is 411 g/mol. The van der Waals surface area contributed by atoms with Gasteiger partial charge in [0.25, 0.3) is 0 Å². The maximum absolute atomic E-state index is 5.64. The van der Waals surface area contributed by atoms with Gasteiger partial charge in [0.2, 0.25) is 0 Å². The summed E-state index contributed by atoms with van der Waals surface area (Å²) in [7, 11) is 4.93. The second kappa shape index (κ2) is 7.65. The second-order valence-electron chi connectivity index (χ2n) is 7.04. The summed E-state index contributed by atoms with van der Waals surface area (Å²) in [6.45, 7) is 0. The van der Waals surface area contributed by atoms with E-state index in [0.717, 1.165) is 44.5 Å².